The number of carbonyl (C=O) groups is 2. The lowest BCUT2D eigenvalue weighted by atomic mass is 9.78. The Morgan fingerprint density at radius 1 is 0.960 bits per heavy atom. The first kappa shape index (κ1) is 17.0. The van der Waals surface area contributed by atoms with Crippen LogP contribution in [0.2, 0.25) is 0 Å². The molecule has 2 aromatic rings. The zero-order valence-electron chi connectivity index (χ0n) is 13.9. The molecule has 0 unspecified atom stereocenters. The van der Waals surface area contributed by atoms with Crippen molar-refractivity contribution in [1.82, 2.24) is 4.90 Å². The first-order valence-electron chi connectivity index (χ1n) is 7.94. The number of carbonyl (C=O) groups excluding carboxylic acids is 2. The predicted octanol–water partition coefficient (Wildman–Crippen LogP) is 0.993. The van der Waals surface area contributed by atoms with E-state index in [0.717, 1.165) is 5.56 Å². The highest BCUT2D eigenvalue weighted by molar-refractivity contribution is 6.64. The van der Waals surface area contributed by atoms with Gasteiger partial charge in [-0.25, -0.2) is 0 Å². The highest BCUT2D eigenvalue weighted by Crippen LogP contribution is 2.12. The fourth-order valence-electron chi connectivity index (χ4n) is 2.43. The molecule has 2 aromatic carbocycles. The van der Waals surface area contributed by atoms with Gasteiger partial charge in [0.2, 0.25) is 0 Å². The first-order valence-corrected chi connectivity index (χ1v) is 7.94. The van der Waals surface area contributed by atoms with Crippen molar-refractivity contribution in [2.75, 3.05) is 20.1 Å². The van der Waals surface area contributed by atoms with Gasteiger partial charge in [-0.15, -0.1) is 0 Å². The SMILES string of the molecule is CN1CC(=O)OB(c2ccc(OCc3ccccc3)cc2)OC(=O)C1. The number of nitrogens with zero attached hydrogens (tertiary/aromatic N) is 1. The summed E-state index contributed by atoms with van der Waals surface area (Å²) in [6, 6.07) is 16.8. The van der Waals surface area contributed by atoms with E-state index in [1.54, 1.807) is 36.2 Å². The molecule has 6 nitrogen and oxygen atoms in total. The minimum absolute atomic E-state index is 0.0455. The zero-order chi connectivity index (χ0) is 17.6. The van der Waals surface area contributed by atoms with Gasteiger partial charge < -0.3 is 14.0 Å². The summed E-state index contributed by atoms with van der Waals surface area (Å²) in [4.78, 5) is 25.1. The smallest absolute Gasteiger partial charge is 0.494 e. The monoisotopic (exact) mass is 339 g/mol. The lowest BCUT2D eigenvalue weighted by molar-refractivity contribution is -0.145. The third kappa shape index (κ3) is 4.84. The van der Waals surface area contributed by atoms with Crippen LogP contribution in [0.5, 0.6) is 5.75 Å². The zero-order valence-corrected chi connectivity index (χ0v) is 13.9. The van der Waals surface area contributed by atoms with E-state index in [4.69, 9.17) is 14.0 Å². The van der Waals surface area contributed by atoms with Gasteiger partial charge in [-0.2, -0.15) is 0 Å². The molecule has 0 N–H and O–H groups in total. The Bertz CT molecular complexity index is 715. The van der Waals surface area contributed by atoms with Crippen LogP contribution in [0.25, 0.3) is 0 Å². The summed E-state index contributed by atoms with van der Waals surface area (Å²) >= 11 is 0. The molecule has 0 saturated carbocycles. The van der Waals surface area contributed by atoms with Crippen molar-refractivity contribution in [3.63, 3.8) is 0 Å². The summed E-state index contributed by atoms with van der Waals surface area (Å²) < 4.78 is 16.2. The molecule has 1 aliphatic heterocycles. The lowest BCUT2D eigenvalue weighted by Gasteiger charge is -2.22. The van der Waals surface area contributed by atoms with Gasteiger partial charge in [0.1, 0.15) is 12.4 Å². The Morgan fingerprint density at radius 2 is 1.56 bits per heavy atom. The highest BCUT2D eigenvalue weighted by Gasteiger charge is 2.33. The van der Waals surface area contributed by atoms with Crippen LogP contribution >= 0.6 is 0 Å². The summed E-state index contributed by atoms with van der Waals surface area (Å²) in [6.45, 7) is 0.549. The minimum Gasteiger partial charge on any atom is -0.494 e. The minimum atomic E-state index is -1.03. The van der Waals surface area contributed by atoms with Crippen molar-refractivity contribution < 1.29 is 23.6 Å². The van der Waals surface area contributed by atoms with Gasteiger partial charge in [0.05, 0.1) is 13.1 Å². The molecule has 0 atom stereocenters. The van der Waals surface area contributed by atoms with Crippen molar-refractivity contribution in [3.8, 4) is 5.75 Å². The molecular weight excluding hydrogens is 321 g/mol. The third-order valence-corrected chi connectivity index (χ3v) is 3.68. The lowest BCUT2D eigenvalue weighted by Crippen LogP contribution is -2.47. The Kier molecular flexibility index (Phi) is 5.35. The fourth-order valence-corrected chi connectivity index (χ4v) is 2.43. The van der Waals surface area contributed by atoms with E-state index in [1.165, 1.54) is 0 Å². The summed E-state index contributed by atoms with van der Waals surface area (Å²) in [7, 11) is 0.624. The van der Waals surface area contributed by atoms with Gasteiger partial charge >= 0.3 is 19.1 Å². The largest absolute Gasteiger partial charge is 0.636 e. The molecule has 7 heteroatoms. The second kappa shape index (κ2) is 7.85. The fraction of sp³-hybridized carbons (Fsp3) is 0.222. The number of benzene rings is 2. The maximum Gasteiger partial charge on any atom is 0.636 e. The highest BCUT2D eigenvalue weighted by atomic mass is 16.6. The molecule has 1 saturated heterocycles. The normalized spacial score (nSPS) is 15.8. The van der Waals surface area contributed by atoms with E-state index in [1.807, 2.05) is 30.3 Å². The van der Waals surface area contributed by atoms with Crippen molar-refractivity contribution in [1.29, 1.82) is 0 Å². The van der Waals surface area contributed by atoms with E-state index in [9.17, 15) is 9.59 Å². The van der Waals surface area contributed by atoms with Crippen molar-refractivity contribution in [2.24, 2.45) is 0 Å². The quantitative estimate of drug-likeness (QED) is 0.774. The number of likely N-dealkylation sites (N-methyl/N-ethyl adjacent to an activating group) is 1. The van der Waals surface area contributed by atoms with Crippen LogP contribution < -0.4 is 10.2 Å². The van der Waals surface area contributed by atoms with Crippen LogP contribution in [-0.2, 0) is 25.5 Å². The molecule has 0 aliphatic carbocycles. The number of ether oxygens (including phenoxy) is 1. The van der Waals surface area contributed by atoms with Gasteiger partial charge in [0.25, 0.3) is 0 Å². The summed E-state index contributed by atoms with van der Waals surface area (Å²) in [5, 5.41) is 0. The number of rotatable bonds is 4. The van der Waals surface area contributed by atoms with Gasteiger partial charge in [-0.1, -0.05) is 42.5 Å². The topological polar surface area (TPSA) is 65.1 Å². The molecule has 1 fully saturated rings. The summed E-state index contributed by atoms with van der Waals surface area (Å²) in [6.07, 6.45) is 0. The standard InChI is InChI=1S/C18H18BNO5/c1-20-11-17(21)24-19(25-18(22)12-20)15-7-9-16(10-8-15)23-13-14-5-3-2-4-6-14/h2-10H,11-13H2,1H3. The second-order valence-corrected chi connectivity index (χ2v) is 5.83. The molecule has 1 aliphatic rings. The first-order chi connectivity index (χ1) is 12.1. The Balaban J connectivity index is 1.64. The summed E-state index contributed by atoms with van der Waals surface area (Å²) in [5.74, 6) is -0.204. The van der Waals surface area contributed by atoms with E-state index in [-0.39, 0.29) is 13.1 Å². The van der Waals surface area contributed by atoms with Crippen LogP contribution in [0.15, 0.2) is 54.6 Å². The van der Waals surface area contributed by atoms with E-state index in [2.05, 4.69) is 0 Å². The Morgan fingerprint density at radius 3 is 2.16 bits per heavy atom. The predicted molar refractivity (Wildman–Crippen MR) is 92.3 cm³/mol. The Labute approximate surface area is 146 Å². The molecule has 0 radical (unpaired) electrons. The van der Waals surface area contributed by atoms with E-state index < -0.39 is 19.1 Å². The average molecular weight is 339 g/mol. The number of hydrogen-bond donors (Lipinski definition) is 0. The van der Waals surface area contributed by atoms with Gasteiger partial charge in [0.15, 0.2) is 0 Å². The molecular formula is C18H18BNO5. The number of hydrogen-bond acceptors (Lipinski definition) is 6. The van der Waals surface area contributed by atoms with Crippen LogP contribution in [0.3, 0.4) is 0 Å². The van der Waals surface area contributed by atoms with E-state index >= 15 is 0 Å². The molecule has 0 aromatic heterocycles. The van der Waals surface area contributed by atoms with Gasteiger partial charge in [-0.05, 0) is 24.7 Å². The van der Waals surface area contributed by atoms with Crippen molar-refractivity contribution in [3.05, 3.63) is 60.2 Å². The maximum atomic E-state index is 11.8. The van der Waals surface area contributed by atoms with Crippen LogP contribution in [-0.4, -0.2) is 44.1 Å². The average Bonchev–Trinajstić information content (AvgIpc) is 2.59. The molecule has 0 bridgehead atoms. The van der Waals surface area contributed by atoms with Gasteiger partial charge in [-0.3, -0.25) is 14.5 Å². The molecule has 1 heterocycles. The van der Waals surface area contributed by atoms with Crippen LogP contribution in [0, 0.1) is 0 Å². The second-order valence-electron chi connectivity index (χ2n) is 5.83. The third-order valence-electron chi connectivity index (χ3n) is 3.68. The molecule has 0 spiro atoms. The maximum absolute atomic E-state index is 11.8. The van der Waals surface area contributed by atoms with Gasteiger partial charge in [0, 0.05) is 5.46 Å². The molecule has 0 amide bonds. The molecule has 128 valence electrons. The molecule has 25 heavy (non-hydrogen) atoms. The van der Waals surface area contributed by atoms with Crippen LogP contribution in [0.1, 0.15) is 5.56 Å². The summed E-state index contributed by atoms with van der Waals surface area (Å²) in [5.41, 5.74) is 1.65. The van der Waals surface area contributed by atoms with E-state index in [0.29, 0.717) is 17.8 Å². The Hall–Kier alpha value is -2.80. The molecule has 3 rings (SSSR count). The van der Waals surface area contributed by atoms with Crippen molar-refractivity contribution >= 4 is 24.5 Å². The van der Waals surface area contributed by atoms with Crippen molar-refractivity contribution in [2.45, 2.75) is 6.61 Å². The van der Waals surface area contributed by atoms with Crippen LogP contribution in [0.4, 0.5) is 0 Å².